The number of nitrogens with one attached hydrogen (secondary N) is 1. The molecule has 1 heterocycles. The third-order valence-corrected chi connectivity index (χ3v) is 2.68. The van der Waals surface area contributed by atoms with Crippen LogP contribution in [-0.2, 0) is 9.53 Å². The number of aryl methyl sites for hydroxylation is 1. The van der Waals surface area contributed by atoms with Gasteiger partial charge < -0.3 is 15.8 Å². The molecule has 3 N–H and O–H groups in total. The predicted octanol–water partition coefficient (Wildman–Crippen LogP) is 1.04. The first-order valence-electron chi connectivity index (χ1n) is 6.12. The maximum Gasteiger partial charge on any atom is 0.340 e. The fraction of sp³-hybridized carbons (Fsp3) is 0.462. The molecule has 0 aliphatic heterocycles. The van der Waals surface area contributed by atoms with Crippen LogP contribution in [0.15, 0.2) is 12.3 Å². The van der Waals surface area contributed by atoms with Gasteiger partial charge in [-0.05, 0) is 26.3 Å². The van der Waals surface area contributed by atoms with Crippen LogP contribution in [0.1, 0.15) is 36.3 Å². The van der Waals surface area contributed by atoms with Crippen molar-refractivity contribution in [2.75, 3.05) is 12.3 Å². The third kappa shape index (κ3) is 4.57. The highest BCUT2D eigenvalue weighted by molar-refractivity contribution is 5.93. The number of carbonyl (C=O) groups is 2. The maximum atomic E-state index is 11.8. The molecular formula is C13H19N3O3. The Morgan fingerprint density at radius 2 is 2.21 bits per heavy atom. The molecule has 1 rings (SSSR count). The summed E-state index contributed by atoms with van der Waals surface area (Å²) >= 11 is 0. The molecule has 0 aliphatic carbocycles. The van der Waals surface area contributed by atoms with Crippen molar-refractivity contribution in [3.8, 4) is 0 Å². The highest BCUT2D eigenvalue weighted by Crippen LogP contribution is 2.10. The van der Waals surface area contributed by atoms with Gasteiger partial charge in [-0.1, -0.05) is 6.92 Å². The molecule has 1 aromatic heterocycles. The number of nitrogens with two attached hydrogens (primary N) is 1. The van der Waals surface area contributed by atoms with E-state index in [2.05, 4.69) is 10.3 Å². The lowest BCUT2D eigenvalue weighted by molar-refractivity contribution is -0.124. The number of esters is 1. The van der Waals surface area contributed by atoms with Crippen molar-refractivity contribution in [1.82, 2.24) is 10.3 Å². The second kappa shape index (κ2) is 6.72. The summed E-state index contributed by atoms with van der Waals surface area (Å²) < 4.78 is 4.92. The Morgan fingerprint density at radius 3 is 2.84 bits per heavy atom. The fourth-order valence-electron chi connectivity index (χ4n) is 1.38. The minimum atomic E-state index is -0.600. The van der Waals surface area contributed by atoms with Gasteiger partial charge in [0.1, 0.15) is 0 Å². The van der Waals surface area contributed by atoms with Crippen LogP contribution in [0.25, 0.3) is 0 Å². The van der Waals surface area contributed by atoms with Gasteiger partial charge in [0.25, 0.3) is 5.91 Å². The van der Waals surface area contributed by atoms with E-state index in [4.69, 9.17) is 10.5 Å². The molecule has 0 aliphatic rings. The minimum Gasteiger partial charge on any atom is -0.452 e. The summed E-state index contributed by atoms with van der Waals surface area (Å²) in [6, 6.07) is 1.54. The molecule has 0 spiro atoms. The average Bonchev–Trinajstić information content (AvgIpc) is 2.38. The van der Waals surface area contributed by atoms with Crippen LogP contribution in [0, 0.1) is 6.92 Å². The summed E-state index contributed by atoms with van der Waals surface area (Å²) in [6.07, 6.45) is 2.28. The van der Waals surface area contributed by atoms with Crippen LogP contribution in [0.3, 0.4) is 0 Å². The molecule has 6 heteroatoms. The van der Waals surface area contributed by atoms with E-state index in [-0.39, 0.29) is 24.1 Å². The molecule has 1 amide bonds. The Bertz CT molecular complexity index is 474. The van der Waals surface area contributed by atoms with E-state index in [0.717, 1.165) is 6.42 Å². The molecule has 104 valence electrons. The number of nitrogen functional groups attached to an aromatic ring is 1. The first kappa shape index (κ1) is 14.9. The number of pyridine rings is 1. The summed E-state index contributed by atoms with van der Waals surface area (Å²) in [4.78, 5) is 27.2. The van der Waals surface area contributed by atoms with Crippen molar-refractivity contribution in [2.24, 2.45) is 0 Å². The summed E-state index contributed by atoms with van der Waals surface area (Å²) in [7, 11) is 0. The molecule has 0 bridgehead atoms. The molecule has 1 unspecified atom stereocenters. The fourth-order valence-corrected chi connectivity index (χ4v) is 1.38. The normalized spacial score (nSPS) is 11.7. The van der Waals surface area contributed by atoms with Gasteiger partial charge in [-0.25, -0.2) is 4.79 Å². The van der Waals surface area contributed by atoms with E-state index in [1.54, 1.807) is 6.92 Å². The molecule has 6 nitrogen and oxygen atoms in total. The highest BCUT2D eigenvalue weighted by atomic mass is 16.5. The number of aromatic nitrogens is 1. The first-order chi connectivity index (χ1) is 8.93. The third-order valence-electron chi connectivity index (χ3n) is 2.68. The predicted molar refractivity (Wildman–Crippen MR) is 71.6 cm³/mol. The van der Waals surface area contributed by atoms with E-state index in [1.807, 2.05) is 13.8 Å². The zero-order valence-electron chi connectivity index (χ0n) is 11.4. The van der Waals surface area contributed by atoms with Crippen LogP contribution >= 0.6 is 0 Å². The van der Waals surface area contributed by atoms with E-state index in [9.17, 15) is 9.59 Å². The number of hydrogen-bond acceptors (Lipinski definition) is 5. The standard InChI is InChI=1S/C13H19N3O3/c1-4-8(2)16-12(17)7-19-13(18)11-5-10(14)6-15-9(11)3/h5-6,8H,4,7,14H2,1-3H3,(H,16,17). The Hall–Kier alpha value is -2.11. The minimum absolute atomic E-state index is 0.0574. The van der Waals surface area contributed by atoms with Crippen molar-refractivity contribution in [3.63, 3.8) is 0 Å². The quantitative estimate of drug-likeness (QED) is 0.776. The molecule has 0 saturated carbocycles. The lowest BCUT2D eigenvalue weighted by atomic mass is 10.2. The molecule has 0 radical (unpaired) electrons. The highest BCUT2D eigenvalue weighted by Gasteiger charge is 2.14. The lowest BCUT2D eigenvalue weighted by Gasteiger charge is -2.11. The van der Waals surface area contributed by atoms with Crippen molar-refractivity contribution in [1.29, 1.82) is 0 Å². The monoisotopic (exact) mass is 265 g/mol. The summed E-state index contributed by atoms with van der Waals surface area (Å²) in [6.45, 7) is 5.21. The summed E-state index contributed by atoms with van der Waals surface area (Å²) in [5.41, 5.74) is 6.72. The SMILES string of the molecule is CCC(C)NC(=O)COC(=O)c1cc(N)cnc1C. The van der Waals surface area contributed by atoms with Gasteiger partial charge in [-0.2, -0.15) is 0 Å². The Morgan fingerprint density at radius 1 is 1.53 bits per heavy atom. The number of amides is 1. The summed E-state index contributed by atoms with van der Waals surface area (Å²) in [5, 5.41) is 2.71. The smallest absolute Gasteiger partial charge is 0.340 e. The van der Waals surface area contributed by atoms with Crippen LogP contribution in [0.5, 0.6) is 0 Å². The first-order valence-corrected chi connectivity index (χ1v) is 6.12. The van der Waals surface area contributed by atoms with Crippen LogP contribution in [0.4, 0.5) is 5.69 Å². The molecule has 1 aromatic rings. The van der Waals surface area contributed by atoms with Crippen LogP contribution in [0.2, 0.25) is 0 Å². The van der Waals surface area contributed by atoms with E-state index in [1.165, 1.54) is 12.3 Å². The van der Waals surface area contributed by atoms with E-state index < -0.39 is 5.97 Å². The van der Waals surface area contributed by atoms with Crippen LogP contribution < -0.4 is 11.1 Å². The van der Waals surface area contributed by atoms with Gasteiger partial charge >= 0.3 is 5.97 Å². The van der Waals surface area contributed by atoms with Crippen molar-refractivity contribution < 1.29 is 14.3 Å². The Balaban J connectivity index is 2.56. The van der Waals surface area contributed by atoms with Gasteiger partial charge in [-0.3, -0.25) is 9.78 Å². The lowest BCUT2D eigenvalue weighted by Crippen LogP contribution is -2.35. The molecular weight excluding hydrogens is 246 g/mol. The number of anilines is 1. The Kier molecular flexibility index (Phi) is 5.29. The molecule has 1 atom stereocenters. The van der Waals surface area contributed by atoms with Crippen molar-refractivity contribution >= 4 is 17.6 Å². The summed E-state index contributed by atoms with van der Waals surface area (Å²) in [5.74, 6) is -0.922. The van der Waals surface area contributed by atoms with Gasteiger partial charge in [0, 0.05) is 6.04 Å². The number of rotatable bonds is 5. The molecule has 19 heavy (non-hydrogen) atoms. The average molecular weight is 265 g/mol. The van der Waals surface area contributed by atoms with Crippen molar-refractivity contribution in [3.05, 3.63) is 23.5 Å². The topological polar surface area (TPSA) is 94.3 Å². The van der Waals surface area contributed by atoms with Crippen molar-refractivity contribution in [2.45, 2.75) is 33.2 Å². The largest absolute Gasteiger partial charge is 0.452 e. The number of hydrogen-bond donors (Lipinski definition) is 2. The van der Waals surface area contributed by atoms with E-state index >= 15 is 0 Å². The number of carbonyl (C=O) groups excluding carboxylic acids is 2. The van der Waals surface area contributed by atoms with Gasteiger partial charge in [0.2, 0.25) is 0 Å². The van der Waals surface area contributed by atoms with Crippen LogP contribution in [-0.4, -0.2) is 29.5 Å². The molecule has 0 aromatic carbocycles. The Labute approximate surface area is 112 Å². The maximum absolute atomic E-state index is 11.8. The second-order valence-electron chi connectivity index (χ2n) is 4.35. The zero-order chi connectivity index (χ0) is 14.4. The zero-order valence-corrected chi connectivity index (χ0v) is 11.4. The number of ether oxygens (including phenoxy) is 1. The van der Waals surface area contributed by atoms with E-state index in [0.29, 0.717) is 11.4 Å². The van der Waals surface area contributed by atoms with Gasteiger partial charge in [-0.15, -0.1) is 0 Å². The molecule has 0 fully saturated rings. The van der Waals surface area contributed by atoms with Gasteiger partial charge in [0.15, 0.2) is 6.61 Å². The molecule has 0 saturated heterocycles. The number of nitrogens with zero attached hydrogens (tertiary/aromatic N) is 1. The van der Waals surface area contributed by atoms with Gasteiger partial charge in [0.05, 0.1) is 23.1 Å². The second-order valence-corrected chi connectivity index (χ2v) is 4.35.